The number of ether oxygens (including phenoxy) is 2. The zero-order valence-electron chi connectivity index (χ0n) is 24.0. The van der Waals surface area contributed by atoms with Gasteiger partial charge in [0, 0.05) is 12.2 Å². The standard InChI is InChI=1S/C30H43N3O5/c1-9-19-33(28(35)25(20(3)10-2)32-29(36)38-30(5,6)7)26(24-14-12-11-13-21(24)4)27(34)31-22-15-17-23(37-8)18-16-22/h11-18,20,25-26H,9-10,19H2,1-8H3,(H,31,34)(H,32,36). The Kier molecular flexibility index (Phi) is 11.2. The van der Waals surface area contributed by atoms with Crippen molar-refractivity contribution in [2.45, 2.75) is 79.0 Å². The van der Waals surface area contributed by atoms with Gasteiger partial charge in [0.1, 0.15) is 23.4 Å². The van der Waals surface area contributed by atoms with Crippen molar-refractivity contribution in [1.29, 1.82) is 0 Å². The van der Waals surface area contributed by atoms with Crippen LogP contribution in [0.2, 0.25) is 0 Å². The Morgan fingerprint density at radius 3 is 2.16 bits per heavy atom. The number of methoxy groups -OCH3 is 1. The van der Waals surface area contributed by atoms with Gasteiger partial charge in [0.2, 0.25) is 5.91 Å². The molecule has 0 aliphatic carbocycles. The third kappa shape index (κ3) is 8.50. The van der Waals surface area contributed by atoms with E-state index in [1.54, 1.807) is 57.0 Å². The van der Waals surface area contributed by atoms with E-state index < -0.39 is 23.8 Å². The monoisotopic (exact) mass is 525 g/mol. The molecule has 0 bridgehead atoms. The minimum absolute atomic E-state index is 0.184. The molecule has 3 unspecified atom stereocenters. The summed E-state index contributed by atoms with van der Waals surface area (Å²) in [6.07, 6.45) is 0.616. The number of nitrogens with zero attached hydrogens (tertiary/aromatic N) is 1. The number of carbonyl (C=O) groups is 3. The molecule has 0 heterocycles. The summed E-state index contributed by atoms with van der Waals surface area (Å²) in [4.78, 5) is 42.3. The lowest BCUT2D eigenvalue weighted by molar-refractivity contribution is -0.142. The SMILES string of the molecule is CCCN(C(=O)C(NC(=O)OC(C)(C)C)C(C)CC)C(C(=O)Nc1ccc(OC)cc1)c1ccccc1C. The van der Waals surface area contributed by atoms with Crippen molar-refractivity contribution in [3.05, 3.63) is 59.7 Å². The normalized spacial score (nSPS) is 13.6. The number of benzene rings is 2. The smallest absolute Gasteiger partial charge is 0.408 e. The van der Waals surface area contributed by atoms with E-state index >= 15 is 0 Å². The Balaban J connectivity index is 2.51. The highest BCUT2D eigenvalue weighted by molar-refractivity contribution is 5.99. The molecule has 3 amide bonds. The summed E-state index contributed by atoms with van der Waals surface area (Å²) < 4.78 is 10.7. The van der Waals surface area contributed by atoms with E-state index in [2.05, 4.69) is 10.6 Å². The van der Waals surface area contributed by atoms with E-state index in [1.165, 1.54) is 0 Å². The Labute approximate surface area is 227 Å². The summed E-state index contributed by atoms with van der Waals surface area (Å²) in [5.41, 5.74) is 1.48. The molecule has 0 fully saturated rings. The largest absolute Gasteiger partial charge is 0.497 e. The molecule has 0 aromatic heterocycles. The number of aryl methyl sites for hydroxylation is 1. The summed E-state index contributed by atoms with van der Waals surface area (Å²) in [6, 6.07) is 12.8. The summed E-state index contributed by atoms with van der Waals surface area (Å²) in [6.45, 7) is 13.4. The number of amides is 3. The lowest BCUT2D eigenvalue weighted by Gasteiger charge is -2.36. The first-order chi connectivity index (χ1) is 17.9. The number of rotatable bonds is 11. The van der Waals surface area contributed by atoms with Gasteiger partial charge in [-0.1, -0.05) is 51.5 Å². The van der Waals surface area contributed by atoms with Gasteiger partial charge in [0.15, 0.2) is 0 Å². The zero-order chi connectivity index (χ0) is 28.5. The van der Waals surface area contributed by atoms with Crippen molar-refractivity contribution in [3.63, 3.8) is 0 Å². The lowest BCUT2D eigenvalue weighted by atomic mass is 9.94. The molecule has 0 saturated carbocycles. The van der Waals surface area contributed by atoms with Gasteiger partial charge in [0.25, 0.3) is 5.91 Å². The highest BCUT2D eigenvalue weighted by atomic mass is 16.6. The van der Waals surface area contributed by atoms with Crippen molar-refractivity contribution in [3.8, 4) is 5.75 Å². The molecule has 2 N–H and O–H groups in total. The average molecular weight is 526 g/mol. The molecule has 0 aliphatic heterocycles. The van der Waals surface area contributed by atoms with E-state index in [0.29, 0.717) is 30.8 Å². The first kappa shape index (κ1) is 30.7. The van der Waals surface area contributed by atoms with E-state index in [-0.39, 0.29) is 17.7 Å². The molecule has 38 heavy (non-hydrogen) atoms. The molecular weight excluding hydrogens is 482 g/mol. The first-order valence-corrected chi connectivity index (χ1v) is 13.2. The number of hydrogen-bond acceptors (Lipinski definition) is 5. The molecule has 2 aromatic rings. The number of hydrogen-bond donors (Lipinski definition) is 2. The third-order valence-electron chi connectivity index (χ3n) is 6.30. The minimum atomic E-state index is -0.905. The molecule has 0 radical (unpaired) electrons. The lowest BCUT2D eigenvalue weighted by Crippen LogP contribution is -2.55. The third-order valence-corrected chi connectivity index (χ3v) is 6.30. The Morgan fingerprint density at radius 2 is 1.63 bits per heavy atom. The second-order valence-corrected chi connectivity index (χ2v) is 10.5. The van der Waals surface area contributed by atoms with Crippen molar-refractivity contribution in [1.82, 2.24) is 10.2 Å². The fourth-order valence-corrected chi connectivity index (χ4v) is 4.13. The van der Waals surface area contributed by atoms with E-state index in [4.69, 9.17) is 9.47 Å². The molecule has 0 spiro atoms. The molecule has 2 aromatic carbocycles. The predicted octanol–water partition coefficient (Wildman–Crippen LogP) is 5.86. The van der Waals surface area contributed by atoms with Crippen LogP contribution < -0.4 is 15.4 Å². The van der Waals surface area contributed by atoms with Crippen molar-refractivity contribution in [2.24, 2.45) is 5.92 Å². The van der Waals surface area contributed by atoms with Gasteiger partial charge in [-0.2, -0.15) is 0 Å². The van der Waals surface area contributed by atoms with Gasteiger partial charge in [-0.05, 0) is 75.4 Å². The molecule has 8 nitrogen and oxygen atoms in total. The minimum Gasteiger partial charge on any atom is -0.497 e. The van der Waals surface area contributed by atoms with Crippen LogP contribution in [0, 0.1) is 12.8 Å². The fourth-order valence-electron chi connectivity index (χ4n) is 4.13. The van der Waals surface area contributed by atoms with Crippen molar-refractivity contribution >= 4 is 23.6 Å². The molecule has 0 saturated heterocycles. The Bertz CT molecular complexity index is 1080. The Hall–Kier alpha value is -3.55. The van der Waals surface area contributed by atoms with Crippen LogP contribution in [0.25, 0.3) is 0 Å². The van der Waals surface area contributed by atoms with Crippen molar-refractivity contribution < 1.29 is 23.9 Å². The number of carbonyl (C=O) groups excluding carboxylic acids is 3. The van der Waals surface area contributed by atoms with Gasteiger partial charge < -0.3 is 25.0 Å². The fraction of sp³-hybridized carbons (Fsp3) is 0.500. The van der Waals surface area contributed by atoms with Crippen LogP contribution in [0.15, 0.2) is 48.5 Å². The topological polar surface area (TPSA) is 97.0 Å². The first-order valence-electron chi connectivity index (χ1n) is 13.2. The molecule has 8 heteroatoms. The van der Waals surface area contributed by atoms with Gasteiger partial charge in [-0.15, -0.1) is 0 Å². The van der Waals surface area contributed by atoms with Crippen LogP contribution in [0.5, 0.6) is 5.75 Å². The number of alkyl carbamates (subject to hydrolysis) is 1. The van der Waals surface area contributed by atoms with E-state index in [9.17, 15) is 14.4 Å². The highest BCUT2D eigenvalue weighted by Gasteiger charge is 2.38. The number of anilines is 1. The summed E-state index contributed by atoms with van der Waals surface area (Å²) in [5.74, 6) is -0.181. The van der Waals surface area contributed by atoms with Crippen LogP contribution in [0.1, 0.15) is 71.6 Å². The van der Waals surface area contributed by atoms with E-state index in [1.807, 2.05) is 52.0 Å². The molecule has 208 valence electrons. The highest BCUT2D eigenvalue weighted by Crippen LogP contribution is 2.29. The maximum atomic E-state index is 14.2. The van der Waals surface area contributed by atoms with Crippen LogP contribution in [0.4, 0.5) is 10.5 Å². The van der Waals surface area contributed by atoms with Crippen LogP contribution in [-0.2, 0) is 14.3 Å². The van der Waals surface area contributed by atoms with Crippen molar-refractivity contribution in [2.75, 3.05) is 19.0 Å². The maximum Gasteiger partial charge on any atom is 0.408 e. The van der Waals surface area contributed by atoms with Crippen LogP contribution in [0.3, 0.4) is 0 Å². The quantitative estimate of drug-likeness (QED) is 0.383. The zero-order valence-corrected chi connectivity index (χ0v) is 24.0. The average Bonchev–Trinajstić information content (AvgIpc) is 2.86. The van der Waals surface area contributed by atoms with Gasteiger partial charge in [-0.25, -0.2) is 4.79 Å². The molecular formula is C30H43N3O5. The second kappa shape index (κ2) is 13.8. The summed E-state index contributed by atoms with van der Waals surface area (Å²) in [7, 11) is 1.58. The van der Waals surface area contributed by atoms with Gasteiger partial charge in [0.05, 0.1) is 7.11 Å². The predicted molar refractivity (Wildman–Crippen MR) is 150 cm³/mol. The Morgan fingerprint density at radius 1 is 1.00 bits per heavy atom. The van der Waals surface area contributed by atoms with Crippen LogP contribution in [-0.4, -0.2) is 48.1 Å². The molecule has 2 rings (SSSR count). The number of nitrogens with one attached hydrogen (secondary N) is 2. The van der Waals surface area contributed by atoms with E-state index in [0.717, 1.165) is 11.1 Å². The second-order valence-electron chi connectivity index (χ2n) is 10.5. The van der Waals surface area contributed by atoms with Gasteiger partial charge >= 0.3 is 6.09 Å². The van der Waals surface area contributed by atoms with Crippen LogP contribution >= 0.6 is 0 Å². The summed E-state index contributed by atoms with van der Waals surface area (Å²) in [5, 5.41) is 5.75. The summed E-state index contributed by atoms with van der Waals surface area (Å²) >= 11 is 0. The maximum absolute atomic E-state index is 14.2. The van der Waals surface area contributed by atoms with Gasteiger partial charge in [-0.3, -0.25) is 9.59 Å². The molecule has 0 aliphatic rings. The molecule has 3 atom stereocenters.